The molecule has 0 aromatic carbocycles. The third-order valence-corrected chi connectivity index (χ3v) is 4.14. The van der Waals surface area contributed by atoms with Gasteiger partial charge in [-0.3, -0.25) is 4.90 Å². The van der Waals surface area contributed by atoms with E-state index in [4.69, 9.17) is 0 Å². The van der Waals surface area contributed by atoms with E-state index < -0.39 is 0 Å². The van der Waals surface area contributed by atoms with Gasteiger partial charge in [0.1, 0.15) is 0 Å². The summed E-state index contributed by atoms with van der Waals surface area (Å²) in [6, 6.07) is 1.45. The van der Waals surface area contributed by atoms with Crippen LogP contribution in [0.15, 0.2) is 0 Å². The molecule has 16 heavy (non-hydrogen) atoms. The number of hydrogen-bond donors (Lipinski definition) is 1. The molecular weight excluding hydrogens is 196 g/mol. The lowest BCUT2D eigenvalue weighted by atomic mass is 9.98. The summed E-state index contributed by atoms with van der Waals surface area (Å²) in [6.45, 7) is 15.2. The van der Waals surface area contributed by atoms with Crippen LogP contribution in [0.2, 0.25) is 0 Å². The molecule has 1 fully saturated rings. The molecule has 2 heteroatoms. The van der Waals surface area contributed by atoms with E-state index in [9.17, 15) is 0 Å². The molecule has 1 aliphatic heterocycles. The highest BCUT2D eigenvalue weighted by Gasteiger charge is 2.28. The van der Waals surface area contributed by atoms with Crippen LogP contribution in [0.5, 0.6) is 0 Å². The summed E-state index contributed by atoms with van der Waals surface area (Å²) in [5.74, 6) is 1.66. The molecule has 0 bridgehead atoms. The van der Waals surface area contributed by atoms with Crippen LogP contribution in [0.1, 0.15) is 47.5 Å². The molecule has 1 heterocycles. The number of likely N-dealkylation sites (N-methyl/N-ethyl adjacent to an activating group) is 1. The molecule has 1 rings (SSSR count). The Labute approximate surface area is 102 Å². The smallest absolute Gasteiger partial charge is 0.0220 e. The first-order valence-corrected chi connectivity index (χ1v) is 7.05. The zero-order chi connectivity index (χ0) is 12.1. The van der Waals surface area contributed by atoms with Gasteiger partial charge in [-0.15, -0.1) is 0 Å². The third-order valence-electron chi connectivity index (χ3n) is 4.14. The first kappa shape index (κ1) is 14.0. The molecule has 4 unspecified atom stereocenters. The van der Waals surface area contributed by atoms with Crippen molar-refractivity contribution in [3.8, 4) is 0 Å². The molecule has 1 N–H and O–H groups in total. The van der Waals surface area contributed by atoms with Crippen molar-refractivity contribution in [2.45, 2.75) is 59.5 Å². The van der Waals surface area contributed by atoms with Gasteiger partial charge in [0, 0.05) is 25.2 Å². The Morgan fingerprint density at radius 1 is 1.31 bits per heavy atom. The van der Waals surface area contributed by atoms with E-state index in [1.165, 1.54) is 25.9 Å². The molecule has 96 valence electrons. The Hall–Kier alpha value is -0.0800. The minimum atomic E-state index is 0.669. The quantitative estimate of drug-likeness (QED) is 0.749. The highest BCUT2D eigenvalue weighted by molar-refractivity contribution is 4.85. The van der Waals surface area contributed by atoms with Crippen LogP contribution in [0, 0.1) is 11.8 Å². The highest BCUT2D eigenvalue weighted by atomic mass is 15.2. The van der Waals surface area contributed by atoms with E-state index in [2.05, 4.69) is 44.8 Å². The van der Waals surface area contributed by atoms with Crippen molar-refractivity contribution in [2.75, 3.05) is 19.6 Å². The minimum absolute atomic E-state index is 0.669. The summed E-state index contributed by atoms with van der Waals surface area (Å²) >= 11 is 0. The van der Waals surface area contributed by atoms with E-state index in [0.717, 1.165) is 24.4 Å². The zero-order valence-corrected chi connectivity index (χ0v) is 11.8. The Morgan fingerprint density at radius 2 is 2.00 bits per heavy atom. The number of rotatable bonds is 6. The predicted octanol–water partition coefficient (Wildman–Crippen LogP) is 2.74. The van der Waals surface area contributed by atoms with E-state index in [1.54, 1.807) is 0 Å². The van der Waals surface area contributed by atoms with E-state index in [-0.39, 0.29) is 0 Å². The average molecular weight is 226 g/mol. The number of nitrogens with one attached hydrogen (secondary N) is 1. The monoisotopic (exact) mass is 226 g/mol. The second kappa shape index (κ2) is 6.61. The molecule has 0 aromatic rings. The van der Waals surface area contributed by atoms with Crippen LogP contribution in [0.3, 0.4) is 0 Å². The van der Waals surface area contributed by atoms with Crippen molar-refractivity contribution >= 4 is 0 Å². The fraction of sp³-hybridized carbons (Fsp3) is 1.00. The topological polar surface area (TPSA) is 15.3 Å². The number of hydrogen-bond acceptors (Lipinski definition) is 2. The summed E-state index contributed by atoms with van der Waals surface area (Å²) in [5.41, 5.74) is 0. The van der Waals surface area contributed by atoms with Gasteiger partial charge in [0.2, 0.25) is 0 Å². The Kier molecular flexibility index (Phi) is 5.77. The molecule has 0 radical (unpaired) electrons. The molecule has 0 spiro atoms. The van der Waals surface area contributed by atoms with Gasteiger partial charge < -0.3 is 5.32 Å². The summed E-state index contributed by atoms with van der Waals surface area (Å²) in [5, 5.41) is 3.65. The van der Waals surface area contributed by atoms with Gasteiger partial charge in [0.05, 0.1) is 0 Å². The van der Waals surface area contributed by atoms with E-state index in [0.29, 0.717) is 6.04 Å². The lowest BCUT2D eigenvalue weighted by Crippen LogP contribution is -2.45. The van der Waals surface area contributed by atoms with E-state index >= 15 is 0 Å². The van der Waals surface area contributed by atoms with Crippen LogP contribution in [0.4, 0.5) is 0 Å². The van der Waals surface area contributed by atoms with Gasteiger partial charge >= 0.3 is 0 Å². The van der Waals surface area contributed by atoms with Crippen molar-refractivity contribution in [3.63, 3.8) is 0 Å². The normalized spacial score (nSPS) is 30.6. The van der Waals surface area contributed by atoms with Gasteiger partial charge in [0.15, 0.2) is 0 Å². The van der Waals surface area contributed by atoms with Gasteiger partial charge in [-0.1, -0.05) is 34.1 Å². The van der Waals surface area contributed by atoms with Crippen LogP contribution in [-0.2, 0) is 0 Å². The average Bonchev–Trinajstić information content (AvgIpc) is 2.55. The lowest BCUT2D eigenvalue weighted by Gasteiger charge is -2.31. The lowest BCUT2D eigenvalue weighted by molar-refractivity contribution is 0.204. The van der Waals surface area contributed by atoms with Gasteiger partial charge in [-0.25, -0.2) is 0 Å². The van der Waals surface area contributed by atoms with Gasteiger partial charge in [-0.05, 0) is 31.7 Å². The van der Waals surface area contributed by atoms with Crippen molar-refractivity contribution in [1.82, 2.24) is 10.2 Å². The predicted molar refractivity (Wildman–Crippen MR) is 71.7 cm³/mol. The largest absolute Gasteiger partial charge is 0.313 e. The molecule has 0 aliphatic carbocycles. The molecule has 2 nitrogen and oxygen atoms in total. The van der Waals surface area contributed by atoms with Crippen molar-refractivity contribution in [1.29, 1.82) is 0 Å². The van der Waals surface area contributed by atoms with Crippen molar-refractivity contribution < 1.29 is 0 Å². The van der Waals surface area contributed by atoms with Gasteiger partial charge in [0.25, 0.3) is 0 Å². The second-order valence-electron chi connectivity index (χ2n) is 5.69. The maximum atomic E-state index is 3.65. The Bertz CT molecular complexity index is 193. The molecule has 1 saturated heterocycles. The zero-order valence-electron chi connectivity index (χ0n) is 11.8. The van der Waals surface area contributed by atoms with Crippen molar-refractivity contribution in [2.24, 2.45) is 11.8 Å². The Balaban J connectivity index is 2.47. The molecule has 4 atom stereocenters. The van der Waals surface area contributed by atoms with Crippen LogP contribution < -0.4 is 5.32 Å². The standard InChI is InChI=1S/C14H30N2/c1-6-12(4)14(15-7-2)10-16-9-11(3)8-13(16)5/h11-15H,6-10H2,1-5H3. The number of likely N-dealkylation sites (tertiary alicyclic amines) is 1. The molecule has 0 amide bonds. The number of nitrogens with zero attached hydrogens (tertiary/aromatic N) is 1. The summed E-state index contributed by atoms with van der Waals surface area (Å²) < 4.78 is 0. The summed E-state index contributed by atoms with van der Waals surface area (Å²) in [7, 11) is 0. The van der Waals surface area contributed by atoms with Crippen LogP contribution in [0.25, 0.3) is 0 Å². The maximum absolute atomic E-state index is 3.65. The van der Waals surface area contributed by atoms with Gasteiger partial charge in [-0.2, -0.15) is 0 Å². The first-order chi connectivity index (χ1) is 7.58. The molecular formula is C14H30N2. The molecule has 1 aliphatic rings. The fourth-order valence-electron chi connectivity index (χ4n) is 2.89. The summed E-state index contributed by atoms with van der Waals surface area (Å²) in [4.78, 5) is 2.67. The SMILES string of the molecule is CCNC(CN1CC(C)CC1C)C(C)CC. The molecule has 0 saturated carbocycles. The first-order valence-electron chi connectivity index (χ1n) is 7.05. The molecule has 0 aromatic heterocycles. The summed E-state index contributed by atoms with van der Waals surface area (Å²) in [6.07, 6.45) is 2.65. The fourth-order valence-corrected chi connectivity index (χ4v) is 2.89. The highest BCUT2D eigenvalue weighted by Crippen LogP contribution is 2.23. The van der Waals surface area contributed by atoms with Crippen LogP contribution >= 0.6 is 0 Å². The minimum Gasteiger partial charge on any atom is -0.313 e. The van der Waals surface area contributed by atoms with Crippen molar-refractivity contribution in [3.05, 3.63) is 0 Å². The Morgan fingerprint density at radius 3 is 2.44 bits per heavy atom. The van der Waals surface area contributed by atoms with E-state index in [1.807, 2.05) is 0 Å². The van der Waals surface area contributed by atoms with Crippen LogP contribution in [-0.4, -0.2) is 36.6 Å². The maximum Gasteiger partial charge on any atom is 0.0220 e. The second-order valence-corrected chi connectivity index (χ2v) is 5.69. The third kappa shape index (κ3) is 3.74.